The van der Waals surface area contributed by atoms with Crippen LogP contribution >= 0.6 is 0 Å². The first kappa shape index (κ1) is 14.6. The van der Waals surface area contributed by atoms with Crippen LogP contribution in [0.25, 0.3) is 6.08 Å². The topological polar surface area (TPSA) is 94.1 Å². The highest BCUT2D eigenvalue weighted by atomic mass is 16.5. The molecule has 0 aliphatic carbocycles. The van der Waals surface area contributed by atoms with E-state index in [-0.39, 0.29) is 6.61 Å². The summed E-state index contributed by atoms with van der Waals surface area (Å²) in [5.74, 6) is 1.89. The minimum atomic E-state index is -0.461. The Bertz CT molecular complexity index is 635. The van der Waals surface area contributed by atoms with Crippen LogP contribution in [0, 0.1) is 0 Å². The fraction of sp³-hybridized carbons (Fsp3) is 0.200. The van der Waals surface area contributed by atoms with Crippen molar-refractivity contribution in [2.24, 2.45) is 5.73 Å². The standard InChI is InChI=1S/C15H17N3O3/c1-11(16)9-15(19)20-8-2-3-12-4-5-13(21-12)10-14-17-6-7-18-14/h2-7,9H,8,10,16H2,1H3,(H,17,18). The number of hydrogen-bond acceptors (Lipinski definition) is 5. The van der Waals surface area contributed by atoms with Crippen molar-refractivity contribution in [1.29, 1.82) is 0 Å². The van der Waals surface area contributed by atoms with Gasteiger partial charge in [-0.05, 0) is 31.2 Å². The molecule has 0 saturated carbocycles. The molecular formula is C15H17N3O3. The van der Waals surface area contributed by atoms with Crippen molar-refractivity contribution in [2.45, 2.75) is 13.3 Å². The molecule has 0 unspecified atom stereocenters. The van der Waals surface area contributed by atoms with E-state index in [4.69, 9.17) is 14.9 Å². The number of hydrogen-bond donors (Lipinski definition) is 2. The number of H-pyrrole nitrogens is 1. The maximum atomic E-state index is 11.2. The van der Waals surface area contributed by atoms with Crippen LogP contribution in [0.3, 0.4) is 0 Å². The molecule has 2 aromatic rings. The molecule has 0 aliphatic rings. The molecule has 0 radical (unpaired) electrons. The first-order valence-electron chi connectivity index (χ1n) is 6.47. The van der Waals surface area contributed by atoms with Crippen molar-refractivity contribution < 1.29 is 13.9 Å². The maximum Gasteiger partial charge on any atom is 0.332 e. The molecule has 2 heterocycles. The summed E-state index contributed by atoms with van der Waals surface area (Å²) in [5.41, 5.74) is 5.78. The van der Waals surface area contributed by atoms with Crippen LogP contribution < -0.4 is 5.73 Å². The number of aromatic amines is 1. The number of esters is 1. The minimum Gasteiger partial charge on any atom is -0.461 e. The summed E-state index contributed by atoms with van der Waals surface area (Å²) in [6.07, 6.45) is 8.76. The molecule has 0 aliphatic heterocycles. The number of nitrogens with one attached hydrogen (secondary N) is 1. The molecule has 2 rings (SSSR count). The minimum absolute atomic E-state index is 0.164. The van der Waals surface area contributed by atoms with E-state index >= 15 is 0 Å². The normalized spacial score (nSPS) is 12.0. The first-order valence-corrected chi connectivity index (χ1v) is 6.47. The van der Waals surface area contributed by atoms with Crippen molar-refractivity contribution >= 4 is 12.0 Å². The van der Waals surface area contributed by atoms with Crippen LogP contribution in [-0.2, 0) is 16.0 Å². The first-order chi connectivity index (χ1) is 10.1. The number of nitrogens with zero attached hydrogens (tertiary/aromatic N) is 1. The molecule has 6 heteroatoms. The molecule has 3 N–H and O–H groups in total. The van der Waals surface area contributed by atoms with E-state index in [1.54, 1.807) is 31.5 Å². The lowest BCUT2D eigenvalue weighted by atomic mass is 10.3. The molecule has 0 atom stereocenters. The second kappa shape index (κ2) is 7.14. The predicted molar refractivity (Wildman–Crippen MR) is 78.0 cm³/mol. The van der Waals surface area contributed by atoms with Crippen molar-refractivity contribution in [3.63, 3.8) is 0 Å². The Morgan fingerprint density at radius 2 is 2.38 bits per heavy atom. The summed E-state index contributed by atoms with van der Waals surface area (Å²) >= 11 is 0. The van der Waals surface area contributed by atoms with Gasteiger partial charge in [-0.25, -0.2) is 9.78 Å². The number of allylic oxidation sites excluding steroid dienone is 1. The van der Waals surface area contributed by atoms with Gasteiger partial charge in [0.2, 0.25) is 0 Å². The number of aromatic nitrogens is 2. The number of ether oxygens (including phenoxy) is 1. The van der Waals surface area contributed by atoms with Gasteiger partial charge >= 0.3 is 5.97 Å². The van der Waals surface area contributed by atoms with Crippen molar-refractivity contribution in [2.75, 3.05) is 6.61 Å². The summed E-state index contributed by atoms with van der Waals surface area (Å²) in [7, 11) is 0. The number of furan rings is 1. The molecule has 0 saturated heterocycles. The maximum absolute atomic E-state index is 11.2. The number of rotatable bonds is 6. The van der Waals surface area contributed by atoms with Gasteiger partial charge in [-0.15, -0.1) is 0 Å². The van der Waals surface area contributed by atoms with Gasteiger partial charge in [0.25, 0.3) is 0 Å². The summed E-state index contributed by atoms with van der Waals surface area (Å²) < 4.78 is 10.5. The zero-order chi connectivity index (χ0) is 15.1. The predicted octanol–water partition coefficient (Wildman–Crippen LogP) is 2.01. The summed E-state index contributed by atoms with van der Waals surface area (Å²) in [6, 6.07) is 3.73. The average molecular weight is 287 g/mol. The van der Waals surface area contributed by atoms with E-state index in [9.17, 15) is 4.79 Å². The number of imidazole rings is 1. The summed E-state index contributed by atoms with van der Waals surface area (Å²) in [4.78, 5) is 18.3. The van der Waals surface area contributed by atoms with Gasteiger partial charge in [-0.3, -0.25) is 0 Å². The molecule has 0 spiro atoms. The zero-order valence-electron chi connectivity index (χ0n) is 11.7. The lowest BCUT2D eigenvalue weighted by Crippen LogP contribution is -2.03. The van der Waals surface area contributed by atoms with Crippen LogP contribution in [0.1, 0.15) is 24.3 Å². The number of carbonyl (C=O) groups excluding carboxylic acids is 1. The molecule has 0 amide bonds. The van der Waals surface area contributed by atoms with E-state index in [1.807, 2.05) is 12.1 Å². The lowest BCUT2D eigenvalue weighted by Gasteiger charge is -1.96. The van der Waals surface area contributed by atoms with E-state index in [0.717, 1.165) is 11.6 Å². The fourth-order valence-electron chi connectivity index (χ4n) is 1.66. The van der Waals surface area contributed by atoms with Gasteiger partial charge in [-0.2, -0.15) is 0 Å². The molecule has 0 bridgehead atoms. The van der Waals surface area contributed by atoms with Crippen LogP contribution in [0.15, 0.2) is 46.8 Å². The quantitative estimate of drug-likeness (QED) is 0.626. The molecule has 0 fully saturated rings. The molecule has 0 aromatic carbocycles. The number of nitrogens with two attached hydrogens (primary N) is 1. The molecule has 2 aromatic heterocycles. The van der Waals surface area contributed by atoms with Gasteiger partial charge in [0, 0.05) is 24.2 Å². The van der Waals surface area contributed by atoms with E-state index < -0.39 is 5.97 Å². The largest absolute Gasteiger partial charge is 0.461 e. The van der Waals surface area contributed by atoms with Crippen LogP contribution in [0.4, 0.5) is 0 Å². The Morgan fingerprint density at radius 1 is 1.52 bits per heavy atom. The van der Waals surface area contributed by atoms with E-state index in [1.165, 1.54) is 6.08 Å². The number of carbonyl (C=O) groups is 1. The third-order valence-corrected chi connectivity index (χ3v) is 2.53. The Labute approximate surface area is 122 Å². The monoisotopic (exact) mass is 287 g/mol. The third-order valence-electron chi connectivity index (χ3n) is 2.53. The average Bonchev–Trinajstić information content (AvgIpc) is 3.06. The highest BCUT2D eigenvalue weighted by Crippen LogP contribution is 2.12. The van der Waals surface area contributed by atoms with Gasteiger partial charge in [0.1, 0.15) is 24.0 Å². The van der Waals surface area contributed by atoms with Crippen LogP contribution in [-0.4, -0.2) is 22.5 Å². The molecule has 110 valence electrons. The third kappa shape index (κ3) is 5.02. The van der Waals surface area contributed by atoms with Gasteiger partial charge in [0.15, 0.2) is 0 Å². The molecular weight excluding hydrogens is 270 g/mol. The van der Waals surface area contributed by atoms with E-state index in [2.05, 4.69) is 9.97 Å². The van der Waals surface area contributed by atoms with Gasteiger partial charge < -0.3 is 19.9 Å². The van der Waals surface area contributed by atoms with E-state index in [0.29, 0.717) is 17.9 Å². The molecule has 21 heavy (non-hydrogen) atoms. The van der Waals surface area contributed by atoms with Crippen molar-refractivity contribution in [1.82, 2.24) is 9.97 Å². The van der Waals surface area contributed by atoms with Gasteiger partial charge in [0.05, 0.1) is 6.42 Å². The fourth-order valence-corrected chi connectivity index (χ4v) is 1.66. The Hall–Kier alpha value is -2.76. The second-order valence-corrected chi connectivity index (χ2v) is 4.44. The highest BCUT2D eigenvalue weighted by molar-refractivity contribution is 5.82. The Morgan fingerprint density at radius 3 is 3.10 bits per heavy atom. The smallest absolute Gasteiger partial charge is 0.332 e. The molecule has 6 nitrogen and oxygen atoms in total. The summed E-state index contributed by atoms with van der Waals surface area (Å²) in [6.45, 7) is 1.79. The Kier molecular flexibility index (Phi) is 4.98. The van der Waals surface area contributed by atoms with Crippen molar-refractivity contribution in [3.05, 3.63) is 59.7 Å². The van der Waals surface area contributed by atoms with Gasteiger partial charge in [-0.1, -0.05) is 0 Å². The zero-order valence-corrected chi connectivity index (χ0v) is 11.7. The highest BCUT2D eigenvalue weighted by Gasteiger charge is 2.03. The van der Waals surface area contributed by atoms with Crippen LogP contribution in [0.5, 0.6) is 0 Å². The SMILES string of the molecule is CC(N)=CC(=O)OCC=Cc1ccc(Cc2ncc[nH]2)o1. The van der Waals surface area contributed by atoms with Crippen LogP contribution in [0.2, 0.25) is 0 Å². The lowest BCUT2D eigenvalue weighted by molar-refractivity contribution is -0.136. The van der Waals surface area contributed by atoms with Crippen molar-refractivity contribution in [3.8, 4) is 0 Å². The summed E-state index contributed by atoms with van der Waals surface area (Å²) in [5, 5.41) is 0. The Balaban J connectivity index is 1.81. The second-order valence-electron chi connectivity index (χ2n) is 4.44.